The smallest absolute Gasteiger partial charge is 0.331 e. The van der Waals surface area contributed by atoms with Crippen molar-refractivity contribution >= 4 is 35.4 Å². The first-order chi connectivity index (χ1) is 14.7. The van der Waals surface area contributed by atoms with E-state index in [0.717, 1.165) is 27.5 Å². The maximum atomic E-state index is 13.1. The molecular weight excluding hydrogens is 394 g/mol. The number of anilines is 1. The van der Waals surface area contributed by atoms with Crippen LogP contribution < -0.4 is 4.90 Å². The molecule has 3 aromatic rings. The van der Waals surface area contributed by atoms with Crippen LogP contribution in [0.5, 0.6) is 0 Å². The van der Waals surface area contributed by atoms with E-state index in [1.807, 2.05) is 84.9 Å². The molecule has 1 heterocycles. The molecule has 150 valence electrons. The van der Waals surface area contributed by atoms with Crippen molar-refractivity contribution in [1.82, 2.24) is 0 Å². The fraction of sp³-hybridized carbons (Fsp3) is 0.120. The zero-order valence-electron chi connectivity index (χ0n) is 16.3. The second-order valence-electron chi connectivity index (χ2n) is 6.82. The number of benzene rings is 3. The maximum absolute atomic E-state index is 13.1. The normalized spacial score (nSPS) is 15.6. The summed E-state index contributed by atoms with van der Waals surface area (Å²) in [6, 6.07) is 27.1. The largest absolute Gasteiger partial charge is 0.452 e. The number of amides is 1. The van der Waals surface area contributed by atoms with Gasteiger partial charge in [-0.05, 0) is 29.3 Å². The van der Waals surface area contributed by atoms with E-state index in [0.29, 0.717) is 0 Å². The number of ether oxygens (including phenoxy) is 1. The van der Waals surface area contributed by atoms with Crippen LogP contribution >= 0.6 is 11.8 Å². The van der Waals surface area contributed by atoms with Gasteiger partial charge in [0.25, 0.3) is 5.91 Å². The van der Waals surface area contributed by atoms with Crippen LogP contribution in [0.4, 0.5) is 5.69 Å². The van der Waals surface area contributed by atoms with Gasteiger partial charge in [-0.15, -0.1) is 11.8 Å². The maximum Gasteiger partial charge on any atom is 0.331 e. The number of nitrogens with zero attached hydrogens (tertiary/aromatic N) is 1. The number of hydrogen-bond donors (Lipinski definition) is 0. The van der Waals surface area contributed by atoms with Crippen LogP contribution in [0.15, 0.2) is 95.9 Å². The Morgan fingerprint density at radius 3 is 2.37 bits per heavy atom. The molecule has 0 radical (unpaired) electrons. The molecule has 0 aromatic heterocycles. The molecule has 4 rings (SSSR count). The van der Waals surface area contributed by atoms with Crippen LogP contribution in [0, 0.1) is 0 Å². The lowest BCUT2D eigenvalue weighted by Gasteiger charge is -2.37. The van der Waals surface area contributed by atoms with Gasteiger partial charge < -0.3 is 4.74 Å². The van der Waals surface area contributed by atoms with Crippen LogP contribution in [0.3, 0.4) is 0 Å². The predicted octanol–water partition coefficient (Wildman–Crippen LogP) is 5.12. The second kappa shape index (κ2) is 9.46. The number of thioether (sulfide) groups is 1. The number of para-hydroxylation sites is 1. The third-order valence-electron chi connectivity index (χ3n) is 4.84. The van der Waals surface area contributed by atoms with Crippen LogP contribution in [-0.2, 0) is 14.3 Å². The van der Waals surface area contributed by atoms with Crippen LogP contribution in [-0.4, -0.2) is 24.2 Å². The second-order valence-corrected chi connectivity index (χ2v) is 7.88. The predicted molar refractivity (Wildman–Crippen MR) is 120 cm³/mol. The summed E-state index contributed by atoms with van der Waals surface area (Å²) in [5, 5.41) is 0. The summed E-state index contributed by atoms with van der Waals surface area (Å²) < 4.78 is 5.25. The third kappa shape index (κ3) is 4.63. The summed E-state index contributed by atoms with van der Waals surface area (Å²) in [5.74, 6) is -0.0320. The first kappa shape index (κ1) is 20.0. The van der Waals surface area contributed by atoms with Crippen molar-refractivity contribution in [2.24, 2.45) is 0 Å². The summed E-state index contributed by atoms with van der Waals surface area (Å²) in [5.41, 5.74) is 2.80. The molecule has 1 amide bonds. The average molecular weight is 416 g/mol. The van der Waals surface area contributed by atoms with Gasteiger partial charge >= 0.3 is 5.97 Å². The summed E-state index contributed by atoms with van der Waals surface area (Å²) in [6.45, 7) is -0.305. The van der Waals surface area contributed by atoms with Crippen molar-refractivity contribution < 1.29 is 14.3 Å². The molecule has 1 aliphatic heterocycles. The van der Waals surface area contributed by atoms with Gasteiger partial charge in [-0.2, -0.15) is 0 Å². The summed E-state index contributed by atoms with van der Waals surface area (Å²) in [7, 11) is 0. The van der Waals surface area contributed by atoms with Gasteiger partial charge in [0.2, 0.25) is 0 Å². The molecule has 0 saturated heterocycles. The van der Waals surface area contributed by atoms with E-state index < -0.39 is 5.97 Å². The topological polar surface area (TPSA) is 46.6 Å². The zero-order chi connectivity index (χ0) is 20.8. The van der Waals surface area contributed by atoms with Crippen LogP contribution in [0.25, 0.3) is 6.08 Å². The lowest BCUT2D eigenvalue weighted by molar-refractivity contribution is -0.143. The standard InChI is InChI=1S/C25H21NO3S/c27-24(17-29-25(28)16-15-19-9-3-1-4-10-19)26-21-13-7-8-14-23(21)30-18-22(26)20-11-5-2-6-12-20/h1-16,22H,17-18H2/b16-15+/t22-/m0/s1. The van der Waals surface area contributed by atoms with Crippen molar-refractivity contribution in [3.8, 4) is 0 Å². The van der Waals surface area contributed by atoms with Gasteiger partial charge in [-0.3, -0.25) is 9.69 Å². The number of carbonyl (C=O) groups excluding carboxylic acids is 2. The molecule has 5 heteroatoms. The van der Waals surface area contributed by atoms with Gasteiger partial charge in [0, 0.05) is 16.7 Å². The highest BCUT2D eigenvalue weighted by Crippen LogP contribution is 2.43. The molecule has 3 aromatic carbocycles. The van der Waals surface area contributed by atoms with Crippen LogP contribution in [0.2, 0.25) is 0 Å². The third-order valence-corrected chi connectivity index (χ3v) is 5.97. The molecule has 0 aliphatic carbocycles. The monoisotopic (exact) mass is 415 g/mol. The molecule has 0 unspecified atom stereocenters. The Hall–Kier alpha value is -3.31. The number of esters is 1. The van der Waals surface area contributed by atoms with E-state index in [-0.39, 0.29) is 18.6 Å². The quantitative estimate of drug-likeness (QED) is 0.428. The Kier molecular flexibility index (Phi) is 6.30. The van der Waals surface area contributed by atoms with Crippen molar-refractivity contribution in [3.05, 3.63) is 102 Å². The fourth-order valence-electron chi connectivity index (χ4n) is 3.40. The molecule has 4 nitrogen and oxygen atoms in total. The van der Waals surface area contributed by atoms with E-state index in [1.54, 1.807) is 22.7 Å². The number of carbonyl (C=O) groups is 2. The molecule has 0 spiro atoms. The first-order valence-electron chi connectivity index (χ1n) is 9.71. The Morgan fingerprint density at radius 2 is 1.60 bits per heavy atom. The Labute approximate surface area is 180 Å². The van der Waals surface area contributed by atoms with E-state index >= 15 is 0 Å². The highest BCUT2D eigenvalue weighted by molar-refractivity contribution is 7.99. The molecule has 0 N–H and O–H groups in total. The SMILES string of the molecule is O=C(/C=C/c1ccccc1)OCC(=O)N1c2ccccc2SC[C@H]1c1ccccc1. The highest BCUT2D eigenvalue weighted by Gasteiger charge is 2.32. The minimum Gasteiger partial charge on any atom is -0.452 e. The van der Waals surface area contributed by atoms with E-state index in [4.69, 9.17) is 4.74 Å². The Morgan fingerprint density at radius 1 is 0.933 bits per heavy atom. The molecule has 0 saturated carbocycles. The number of rotatable bonds is 5. The van der Waals surface area contributed by atoms with Gasteiger partial charge in [-0.25, -0.2) is 4.79 Å². The number of fused-ring (bicyclic) bond motifs is 1. The van der Waals surface area contributed by atoms with Gasteiger partial charge in [0.1, 0.15) is 0 Å². The van der Waals surface area contributed by atoms with E-state index in [2.05, 4.69) is 0 Å². The lowest BCUT2D eigenvalue weighted by Crippen LogP contribution is -2.41. The van der Waals surface area contributed by atoms with Crippen molar-refractivity contribution in [1.29, 1.82) is 0 Å². The van der Waals surface area contributed by atoms with Crippen molar-refractivity contribution in [3.63, 3.8) is 0 Å². The van der Waals surface area contributed by atoms with Gasteiger partial charge in [0.05, 0.1) is 11.7 Å². The number of hydrogen-bond acceptors (Lipinski definition) is 4. The van der Waals surface area contributed by atoms with Crippen molar-refractivity contribution in [2.45, 2.75) is 10.9 Å². The highest BCUT2D eigenvalue weighted by atomic mass is 32.2. The molecule has 1 aliphatic rings. The van der Waals surface area contributed by atoms with E-state index in [9.17, 15) is 9.59 Å². The molecule has 0 bridgehead atoms. The first-order valence-corrected chi connectivity index (χ1v) is 10.7. The van der Waals surface area contributed by atoms with Gasteiger partial charge in [0.15, 0.2) is 6.61 Å². The van der Waals surface area contributed by atoms with Crippen LogP contribution in [0.1, 0.15) is 17.2 Å². The molecule has 0 fully saturated rings. The molecule has 1 atom stereocenters. The minimum absolute atomic E-state index is 0.114. The summed E-state index contributed by atoms with van der Waals surface area (Å²) >= 11 is 1.73. The fourth-order valence-corrected chi connectivity index (χ4v) is 4.56. The Balaban J connectivity index is 1.50. The molecular formula is C25H21NO3S. The van der Waals surface area contributed by atoms with Crippen molar-refractivity contribution in [2.75, 3.05) is 17.3 Å². The zero-order valence-corrected chi connectivity index (χ0v) is 17.1. The Bertz CT molecular complexity index is 1050. The van der Waals surface area contributed by atoms with Gasteiger partial charge in [-0.1, -0.05) is 72.8 Å². The minimum atomic E-state index is -0.539. The summed E-state index contributed by atoms with van der Waals surface area (Å²) in [6.07, 6.45) is 3.02. The lowest BCUT2D eigenvalue weighted by atomic mass is 10.1. The summed E-state index contributed by atoms with van der Waals surface area (Å²) in [4.78, 5) is 28.1. The molecule has 30 heavy (non-hydrogen) atoms. The average Bonchev–Trinajstić information content (AvgIpc) is 2.81. The van der Waals surface area contributed by atoms with E-state index in [1.165, 1.54) is 6.08 Å².